The first-order chi connectivity index (χ1) is 14.6. The highest BCUT2D eigenvalue weighted by Gasteiger charge is 2.25. The smallest absolute Gasteiger partial charge is 0.322 e. The van der Waals surface area contributed by atoms with Crippen LogP contribution in [0.5, 0.6) is 0 Å². The van der Waals surface area contributed by atoms with Crippen molar-refractivity contribution >= 4 is 45.8 Å². The summed E-state index contributed by atoms with van der Waals surface area (Å²) in [6.45, 7) is 3.67. The molecule has 0 bridgehead atoms. The first-order valence-corrected chi connectivity index (χ1v) is 11.0. The molecule has 2 fully saturated rings. The lowest BCUT2D eigenvalue weighted by molar-refractivity contribution is 0.0854. The highest BCUT2D eigenvalue weighted by atomic mass is 35.5. The summed E-state index contributed by atoms with van der Waals surface area (Å²) in [5.41, 5.74) is 1.17. The van der Waals surface area contributed by atoms with Gasteiger partial charge in [0.15, 0.2) is 10.7 Å². The van der Waals surface area contributed by atoms with E-state index in [0.717, 1.165) is 36.7 Å². The molecule has 4 rings (SSSR count). The zero-order chi connectivity index (χ0) is 20.9. The van der Waals surface area contributed by atoms with Crippen LogP contribution in [0.25, 0.3) is 0 Å². The zero-order valence-corrected chi connectivity index (χ0v) is 17.9. The number of carbonyl (C=O) groups excluding carboxylic acids is 2. The Balaban J connectivity index is 1.29. The maximum absolute atomic E-state index is 12.7. The summed E-state index contributed by atoms with van der Waals surface area (Å²) in [6, 6.07) is 7.42. The summed E-state index contributed by atoms with van der Waals surface area (Å²) < 4.78 is 9.33. The van der Waals surface area contributed by atoms with Gasteiger partial charge in [0.05, 0.1) is 6.10 Å². The Bertz CT molecular complexity index is 896. The van der Waals surface area contributed by atoms with Gasteiger partial charge < -0.3 is 19.9 Å². The minimum absolute atomic E-state index is 0.0365. The molecule has 0 spiro atoms. The molecule has 30 heavy (non-hydrogen) atoms. The average Bonchev–Trinajstić information content (AvgIpc) is 3.44. The Morgan fingerprint density at radius 1 is 1.27 bits per heavy atom. The Labute approximate surface area is 183 Å². The number of carbonyl (C=O) groups is 2. The zero-order valence-electron chi connectivity index (χ0n) is 16.3. The summed E-state index contributed by atoms with van der Waals surface area (Å²) >= 11 is 7.06. The summed E-state index contributed by atoms with van der Waals surface area (Å²) in [7, 11) is 0. The highest BCUT2D eigenvalue weighted by molar-refractivity contribution is 7.10. The lowest BCUT2D eigenvalue weighted by Crippen LogP contribution is -2.50. The van der Waals surface area contributed by atoms with E-state index in [-0.39, 0.29) is 23.7 Å². The Hall–Kier alpha value is -2.43. The normalized spacial score (nSPS) is 19.0. The van der Waals surface area contributed by atoms with Crippen LogP contribution in [-0.2, 0) is 4.74 Å². The quantitative estimate of drug-likeness (QED) is 0.725. The molecule has 160 valence electrons. The first-order valence-electron chi connectivity index (χ1n) is 9.89. The van der Waals surface area contributed by atoms with Crippen LogP contribution in [0, 0.1) is 0 Å². The molecule has 3 heterocycles. The number of rotatable bonds is 5. The van der Waals surface area contributed by atoms with E-state index >= 15 is 0 Å². The lowest BCUT2D eigenvalue weighted by Gasteiger charge is -2.36. The van der Waals surface area contributed by atoms with Gasteiger partial charge in [-0.25, -0.2) is 4.79 Å². The number of nitrogens with zero attached hydrogens (tertiary/aromatic N) is 4. The van der Waals surface area contributed by atoms with Crippen LogP contribution in [0.1, 0.15) is 23.3 Å². The number of nitrogens with one attached hydrogen (secondary N) is 2. The van der Waals surface area contributed by atoms with E-state index in [4.69, 9.17) is 16.3 Å². The van der Waals surface area contributed by atoms with Crippen molar-refractivity contribution in [1.29, 1.82) is 0 Å². The van der Waals surface area contributed by atoms with Crippen LogP contribution in [0.3, 0.4) is 0 Å². The van der Waals surface area contributed by atoms with Gasteiger partial charge in [-0.2, -0.15) is 0 Å². The van der Waals surface area contributed by atoms with Gasteiger partial charge in [-0.05, 0) is 31.0 Å². The van der Waals surface area contributed by atoms with Crippen molar-refractivity contribution in [3.05, 3.63) is 35.0 Å². The van der Waals surface area contributed by atoms with Crippen molar-refractivity contribution in [1.82, 2.24) is 19.8 Å². The summed E-state index contributed by atoms with van der Waals surface area (Å²) in [6.07, 6.45) is 1.97. The van der Waals surface area contributed by atoms with Crippen LogP contribution in [0.4, 0.5) is 15.5 Å². The van der Waals surface area contributed by atoms with E-state index in [1.807, 2.05) is 24.3 Å². The van der Waals surface area contributed by atoms with E-state index in [1.54, 1.807) is 4.90 Å². The molecule has 1 aromatic heterocycles. The number of halogens is 1. The molecule has 1 atom stereocenters. The molecule has 11 heteroatoms. The minimum atomic E-state index is -0.361. The van der Waals surface area contributed by atoms with Crippen LogP contribution >= 0.6 is 23.1 Å². The second kappa shape index (κ2) is 9.59. The van der Waals surface area contributed by atoms with Crippen LogP contribution < -0.4 is 15.5 Å². The number of aromatic nitrogens is 2. The Morgan fingerprint density at radius 3 is 2.83 bits per heavy atom. The number of urea groups is 1. The number of anilines is 2. The molecule has 2 N–H and O–H groups in total. The van der Waals surface area contributed by atoms with Crippen LogP contribution in [-0.4, -0.2) is 71.9 Å². The minimum Gasteiger partial charge on any atom is -0.376 e. The van der Waals surface area contributed by atoms with Crippen molar-refractivity contribution in [2.75, 3.05) is 49.5 Å². The van der Waals surface area contributed by atoms with E-state index in [9.17, 15) is 9.59 Å². The molecule has 0 radical (unpaired) electrons. The van der Waals surface area contributed by atoms with Gasteiger partial charge in [-0.15, -0.1) is 5.10 Å². The molecule has 2 aromatic rings. The second-order valence-corrected chi connectivity index (χ2v) is 8.37. The van der Waals surface area contributed by atoms with Gasteiger partial charge >= 0.3 is 6.03 Å². The van der Waals surface area contributed by atoms with Gasteiger partial charge in [0.1, 0.15) is 0 Å². The summed E-state index contributed by atoms with van der Waals surface area (Å²) in [4.78, 5) is 29.0. The van der Waals surface area contributed by atoms with E-state index in [1.165, 1.54) is 0 Å². The molecular formula is C19H23ClN6O3S. The number of benzene rings is 1. The molecule has 9 nitrogen and oxygen atoms in total. The van der Waals surface area contributed by atoms with Crippen LogP contribution in [0.15, 0.2) is 24.3 Å². The molecule has 3 amide bonds. The predicted octanol–water partition coefficient (Wildman–Crippen LogP) is 2.45. The van der Waals surface area contributed by atoms with Crippen molar-refractivity contribution in [2.24, 2.45) is 0 Å². The Morgan fingerprint density at radius 2 is 2.10 bits per heavy atom. The third-order valence-corrected chi connectivity index (χ3v) is 6.05. The fraction of sp³-hybridized carbons (Fsp3) is 0.474. The van der Waals surface area contributed by atoms with Gasteiger partial charge in [-0.1, -0.05) is 22.2 Å². The molecular weight excluding hydrogens is 428 g/mol. The number of hydrogen-bond donors (Lipinski definition) is 2. The first kappa shape index (κ1) is 20.8. The fourth-order valence-corrected chi connectivity index (χ4v) is 4.28. The van der Waals surface area contributed by atoms with Gasteiger partial charge in [-0.3, -0.25) is 10.1 Å². The molecule has 2 aliphatic heterocycles. The van der Waals surface area contributed by atoms with Gasteiger partial charge in [0, 0.05) is 61.6 Å². The number of hydrogen-bond acceptors (Lipinski definition) is 7. The van der Waals surface area contributed by atoms with E-state index in [0.29, 0.717) is 42.7 Å². The van der Waals surface area contributed by atoms with E-state index < -0.39 is 0 Å². The topological polar surface area (TPSA) is 99.7 Å². The third kappa shape index (κ3) is 5.00. The highest BCUT2D eigenvalue weighted by Crippen LogP contribution is 2.22. The molecule has 2 aliphatic rings. The number of piperazine rings is 1. The van der Waals surface area contributed by atoms with Gasteiger partial charge in [0.25, 0.3) is 5.91 Å². The van der Waals surface area contributed by atoms with Crippen molar-refractivity contribution < 1.29 is 14.3 Å². The monoisotopic (exact) mass is 450 g/mol. The lowest BCUT2D eigenvalue weighted by atomic mass is 10.2. The predicted molar refractivity (Wildman–Crippen MR) is 115 cm³/mol. The summed E-state index contributed by atoms with van der Waals surface area (Å²) in [5, 5.41) is 10.5. The van der Waals surface area contributed by atoms with Gasteiger partial charge in [0.2, 0.25) is 0 Å². The van der Waals surface area contributed by atoms with Crippen LogP contribution in [0.2, 0.25) is 5.02 Å². The molecule has 1 aromatic carbocycles. The molecule has 0 aliphatic carbocycles. The van der Waals surface area contributed by atoms with E-state index in [2.05, 4.69) is 25.1 Å². The third-order valence-electron chi connectivity index (χ3n) is 5.18. The summed E-state index contributed by atoms with van der Waals surface area (Å²) in [5.74, 6) is -0.361. The maximum atomic E-state index is 12.7. The molecule has 0 saturated carbocycles. The van der Waals surface area contributed by atoms with Crippen molar-refractivity contribution in [3.8, 4) is 0 Å². The molecule has 0 unspecified atom stereocenters. The fourth-order valence-electron chi connectivity index (χ4n) is 3.53. The van der Waals surface area contributed by atoms with Crippen molar-refractivity contribution in [3.63, 3.8) is 0 Å². The largest absolute Gasteiger partial charge is 0.376 e. The maximum Gasteiger partial charge on any atom is 0.322 e. The number of ether oxygens (including phenoxy) is 1. The second-order valence-electron chi connectivity index (χ2n) is 7.18. The average molecular weight is 451 g/mol. The Kier molecular flexibility index (Phi) is 6.66. The number of amides is 3. The van der Waals surface area contributed by atoms with Crippen molar-refractivity contribution in [2.45, 2.75) is 18.9 Å². The SMILES string of the molecule is O=C(NC[C@@H]1CCCO1)c1nnsc1NC(=O)N1CCN(c2cccc(Cl)c2)CC1. The standard InChI is InChI=1S/C19H23ClN6O3S/c20-13-3-1-4-14(11-13)25-6-8-26(9-7-25)19(28)22-18-16(23-24-30-18)17(27)21-12-15-5-2-10-29-15/h1,3-4,11,15H,2,5-10,12H2,(H,21,27)(H,22,28)/t15-/m0/s1. The molecule has 2 saturated heterocycles.